The Balaban J connectivity index is 2.59. The first-order valence-electron chi connectivity index (χ1n) is 2.90. The maximum absolute atomic E-state index is 5.17. The second kappa shape index (κ2) is 4.33. The van der Waals surface area contributed by atoms with Crippen molar-refractivity contribution in [3.8, 4) is 5.75 Å². The van der Waals surface area contributed by atoms with E-state index in [0.29, 0.717) is 0 Å². The van der Waals surface area contributed by atoms with Crippen LogP contribution in [0.5, 0.6) is 5.75 Å². The summed E-state index contributed by atoms with van der Waals surface area (Å²) in [6.45, 7) is 0. The lowest BCUT2D eigenvalue weighted by atomic mass is 10.3. The summed E-state index contributed by atoms with van der Waals surface area (Å²) in [7, 11) is 0. The normalized spacial score (nSPS) is 10.1. The molecular weight excluding hydrogens is 239 g/mol. The summed E-state index contributed by atoms with van der Waals surface area (Å²) >= 11 is 2.11. The van der Waals surface area contributed by atoms with Crippen molar-refractivity contribution in [2.45, 2.75) is 0 Å². The third kappa shape index (κ3) is 2.39. The van der Waals surface area contributed by atoms with Crippen LogP contribution in [0.4, 0.5) is 0 Å². The molecule has 0 fully saturated rings. The van der Waals surface area contributed by atoms with Crippen LogP contribution in [0.1, 0.15) is 0 Å². The molecule has 0 atom stereocenters. The van der Waals surface area contributed by atoms with Crippen LogP contribution in [0.25, 0.3) is 0 Å². The van der Waals surface area contributed by atoms with E-state index in [4.69, 9.17) is 4.74 Å². The molecule has 1 aromatic carbocycles. The van der Waals surface area contributed by atoms with Crippen LogP contribution in [0.2, 0.25) is 0 Å². The average molecular weight is 246 g/mol. The van der Waals surface area contributed by atoms with E-state index in [1.165, 1.54) is 0 Å². The highest BCUT2D eigenvalue weighted by molar-refractivity contribution is 14.1. The van der Waals surface area contributed by atoms with Gasteiger partial charge in [0.05, 0.1) is 6.26 Å². The fourth-order valence-corrected chi connectivity index (χ4v) is 0.750. The topological polar surface area (TPSA) is 9.23 Å². The monoisotopic (exact) mass is 246 g/mol. The highest BCUT2D eigenvalue weighted by Gasteiger charge is 1.83. The number of halogens is 1. The molecule has 1 rings (SSSR count). The van der Waals surface area contributed by atoms with Gasteiger partial charge < -0.3 is 4.74 Å². The zero-order valence-corrected chi connectivity index (χ0v) is 7.49. The molecule has 0 heterocycles. The van der Waals surface area contributed by atoms with E-state index in [1.807, 2.05) is 34.4 Å². The second-order valence-electron chi connectivity index (χ2n) is 1.69. The van der Waals surface area contributed by atoms with Crippen LogP contribution in [-0.2, 0) is 0 Å². The molecule has 0 radical (unpaired) electrons. The van der Waals surface area contributed by atoms with Crippen molar-refractivity contribution in [2.75, 3.05) is 0 Å². The molecule has 0 aromatic heterocycles. The summed E-state index contributed by atoms with van der Waals surface area (Å²) in [6, 6.07) is 9.67. The van der Waals surface area contributed by atoms with Gasteiger partial charge in [0.1, 0.15) is 5.75 Å². The fourth-order valence-electron chi connectivity index (χ4n) is 0.603. The highest BCUT2D eigenvalue weighted by atomic mass is 127. The molecule has 0 aliphatic carbocycles. The predicted molar refractivity (Wildman–Crippen MR) is 50.2 cm³/mol. The molecule has 0 saturated carbocycles. The largest absolute Gasteiger partial charge is 0.465 e. The van der Waals surface area contributed by atoms with Crippen molar-refractivity contribution in [1.29, 1.82) is 0 Å². The van der Waals surface area contributed by atoms with Gasteiger partial charge in [-0.05, 0) is 34.7 Å². The SMILES string of the molecule is IC=COc1ccccc1. The van der Waals surface area contributed by atoms with Crippen molar-refractivity contribution < 1.29 is 4.74 Å². The van der Waals surface area contributed by atoms with Crippen molar-refractivity contribution in [2.24, 2.45) is 0 Å². The second-order valence-corrected chi connectivity index (χ2v) is 2.41. The van der Waals surface area contributed by atoms with Crippen molar-refractivity contribution >= 4 is 22.6 Å². The minimum atomic E-state index is 0.871. The zero-order chi connectivity index (χ0) is 7.23. The molecule has 0 N–H and O–H groups in total. The first-order valence-corrected chi connectivity index (χ1v) is 4.15. The number of ether oxygens (including phenoxy) is 1. The number of para-hydroxylation sites is 1. The molecular formula is C8H7IO. The van der Waals surface area contributed by atoms with Crippen LogP contribution in [0.3, 0.4) is 0 Å². The lowest BCUT2D eigenvalue weighted by Gasteiger charge is -1.95. The Bertz CT molecular complexity index is 206. The van der Waals surface area contributed by atoms with Gasteiger partial charge in [-0.15, -0.1) is 0 Å². The molecule has 52 valence electrons. The maximum atomic E-state index is 5.17. The zero-order valence-electron chi connectivity index (χ0n) is 5.33. The quantitative estimate of drug-likeness (QED) is 0.575. The summed E-state index contributed by atoms with van der Waals surface area (Å²) in [5.41, 5.74) is 0. The van der Waals surface area contributed by atoms with Crippen LogP contribution in [0.15, 0.2) is 40.7 Å². The van der Waals surface area contributed by atoms with Gasteiger partial charge in [-0.3, -0.25) is 0 Å². The number of rotatable bonds is 2. The minimum Gasteiger partial charge on any atom is -0.465 e. The number of benzene rings is 1. The molecule has 0 aliphatic heterocycles. The molecule has 0 bridgehead atoms. The first kappa shape index (κ1) is 7.60. The third-order valence-electron chi connectivity index (χ3n) is 0.999. The van der Waals surface area contributed by atoms with Crippen molar-refractivity contribution in [3.63, 3.8) is 0 Å². The molecule has 0 saturated heterocycles. The van der Waals surface area contributed by atoms with Gasteiger partial charge in [-0.25, -0.2) is 0 Å². The van der Waals surface area contributed by atoms with Crippen molar-refractivity contribution in [3.05, 3.63) is 40.7 Å². The van der Waals surface area contributed by atoms with E-state index >= 15 is 0 Å². The Morgan fingerprint density at radius 1 is 1.20 bits per heavy atom. The van der Waals surface area contributed by atoms with Gasteiger partial charge >= 0.3 is 0 Å². The summed E-state index contributed by atoms with van der Waals surface area (Å²) in [6.07, 6.45) is 1.65. The molecule has 0 spiro atoms. The van der Waals surface area contributed by atoms with Gasteiger partial charge in [0.15, 0.2) is 0 Å². The van der Waals surface area contributed by atoms with E-state index in [2.05, 4.69) is 22.6 Å². The van der Waals surface area contributed by atoms with Crippen LogP contribution < -0.4 is 4.74 Å². The average Bonchev–Trinajstić information content (AvgIpc) is 2.03. The third-order valence-corrected chi connectivity index (χ3v) is 1.29. The Morgan fingerprint density at radius 3 is 2.50 bits per heavy atom. The Morgan fingerprint density at radius 2 is 1.90 bits per heavy atom. The van der Waals surface area contributed by atoms with E-state index in [0.717, 1.165) is 5.75 Å². The van der Waals surface area contributed by atoms with E-state index < -0.39 is 0 Å². The van der Waals surface area contributed by atoms with Gasteiger partial charge in [-0.1, -0.05) is 18.2 Å². The molecule has 0 aliphatic rings. The van der Waals surface area contributed by atoms with Crippen LogP contribution in [0, 0.1) is 0 Å². The fraction of sp³-hybridized carbons (Fsp3) is 0. The molecule has 2 heteroatoms. The van der Waals surface area contributed by atoms with Gasteiger partial charge in [-0.2, -0.15) is 0 Å². The minimum absolute atomic E-state index is 0.871. The molecule has 1 aromatic rings. The Labute approximate surface area is 73.8 Å². The standard InChI is InChI=1S/C8H7IO/c9-6-7-10-8-4-2-1-3-5-8/h1-7H. The Kier molecular flexibility index (Phi) is 3.29. The highest BCUT2D eigenvalue weighted by Crippen LogP contribution is 2.08. The molecule has 0 unspecified atom stereocenters. The van der Waals surface area contributed by atoms with Crippen molar-refractivity contribution in [1.82, 2.24) is 0 Å². The smallest absolute Gasteiger partial charge is 0.126 e. The predicted octanol–water partition coefficient (Wildman–Crippen LogP) is 2.97. The first-order chi connectivity index (χ1) is 4.93. The maximum Gasteiger partial charge on any atom is 0.126 e. The van der Waals surface area contributed by atoms with E-state index in [9.17, 15) is 0 Å². The van der Waals surface area contributed by atoms with E-state index in [-0.39, 0.29) is 0 Å². The molecule has 10 heavy (non-hydrogen) atoms. The summed E-state index contributed by atoms with van der Waals surface area (Å²) in [5.74, 6) is 0.871. The molecule has 1 nitrogen and oxygen atoms in total. The summed E-state index contributed by atoms with van der Waals surface area (Å²) < 4.78 is 6.99. The summed E-state index contributed by atoms with van der Waals surface area (Å²) in [5, 5.41) is 0. The lowest BCUT2D eigenvalue weighted by molar-refractivity contribution is 0.483. The molecule has 0 amide bonds. The Hall–Kier alpha value is -0.510. The van der Waals surface area contributed by atoms with Gasteiger partial charge in [0, 0.05) is 4.08 Å². The van der Waals surface area contributed by atoms with Crippen LogP contribution in [-0.4, -0.2) is 0 Å². The number of hydrogen-bond donors (Lipinski definition) is 0. The lowest BCUT2D eigenvalue weighted by Crippen LogP contribution is -1.77. The van der Waals surface area contributed by atoms with Crippen LogP contribution >= 0.6 is 22.6 Å². The van der Waals surface area contributed by atoms with E-state index in [1.54, 1.807) is 6.26 Å². The van der Waals surface area contributed by atoms with Gasteiger partial charge in [0.25, 0.3) is 0 Å². The number of hydrogen-bond acceptors (Lipinski definition) is 1. The summed E-state index contributed by atoms with van der Waals surface area (Å²) in [4.78, 5) is 0. The van der Waals surface area contributed by atoms with Gasteiger partial charge in [0.2, 0.25) is 0 Å².